The van der Waals surface area contributed by atoms with E-state index in [1.807, 2.05) is 42.5 Å². The van der Waals surface area contributed by atoms with Gasteiger partial charge in [-0.2, -0.15) is 0 Å². The van der Waals surface area contributed by atoms with Crippen molar-refractivity contribution in [1.82, 2.24) is 0 Å². The Morgan fingerprint density at radius 2 is 1.84 bits per heavy atom. The molecule has 4 N–H and O–H groups in total. The first-order chi connectivity index (χ1) is 9.20. The monoisotopic (exact) mass is 276 g/mol. The Labute approximate surface area is 118 Å². The first-order valence-electron chi connectivity index (χ1n) is 6.12. The van der Waals surface area contributed by atoms with Gasteiger partial charge in [0.15, 0.2) is 0 Å². The van der Waals surface area contributed by atoms with Crippen molar-refractivity contribution in [3.05, 3.63) is 64.7 Å². The molecular weight excluding hydrogens is 260 g/mol. The number of halogens is 1. The molecule has 0 heterocycles. The van der Waals surface area contributed by atoms with Crippen LogP contribution in [-0.4, -0.2) is 6.54 Å². The van der Waals surface area contributed by atoms with Crippen molar-refractivity contribution in [1.29, 1.82) is 0 Å². The molecule has 2 rings (SSSR count). The maximum absolute atomic E-state index is 6.18. The first-order valence-corrected chi connectivity index (χ1v) is 6.50. The number of nitrogens with two attached hydrogens (primary N) is 2. The second-order valence-corrected chi connectivity index (χ2v) is 4.71. The average Bonchev–Trinajstić information content (AvgIpc) is 2.46. The molecule has 0 aliphatic heterocycles. The van der Waals surface area contributed by atoms with Gasteiger partial charge in [-0.15, -0.1) is 0 Å². The highest BCUT2D eigenvalue weighted by Crippen LogP contribution is 2.27. The summed E-state index contributed by atoms with van der Waals surface area (Å²) in [5.41, 5.74) is 13.4. The molecule has 3 nitrogen and oxygen atoms in total. The van der Waals surface area contributed by atoms with E-state index >= 15 is 0 Å². The normalized spacial score (nSPS) is 12.2. The van der Waals surface area contributed by atoms with Gasteiger partial charge >= 0.3 is 0 Å². The van der Waals surface area contributed by atoms with Gasteiger partial charge in [-0.1, -0.05) is 48.0 Å². The molecule has 2 aromatic carbocycles. The first kappa shape index (κ1) is 13.9. The summed E-state index contributed by atoms with van der Waals surface area (Å²) in [6, 6.07) is 15.3. The third-order valence-electron chi connectivity index (χ3n) is 2.88. The predicted octanol–water partition coefficient (Wildman–Crippen LogP) is 2.88. The van der Waals surface area contributed by atoms with Crippen LogP contribution in [-0.2, 0) is 6.61 Å². The Morgan fingerprint density at radius 3 is 2.47 bits per heavy atom. The van der Waals surface area contributed by atoms with Gasteiger partial charge in [0, 0.05) is 12.6 Å². The summed E-state index contributed by atoms with van der Waals surface area (Å²) in [4.78, 5) is 0. The van der Waals surface area contributed by atoms with Gasteiger partial charge < -0.3 is 16.2 Å². The van der Waals surface area contributed by atoms with Crippen LogP contribution in [0.2, 0.25) is 5.02 Å². The zero-order valence-corrected chi connectivity index (χ0v) is 11.3. The minimum atomic E-state index is -0.194. The van der Waals surface area contributed by atoms with E-state index in [-0.39, 0.29) is 6.04 Å². The lowest BCUT2D eigenvalue weighted by atomic mass is 10.1. The molecule has 0 bridgehead atoms. The molecule has 0 saturated heterocycles. The van der Waals surface area contributed by atoms with Crippen molar-refractivity contribution >= 4 is 11.6 Å². The van der Waals surface area contributed by atoms with Gasteiger partial charge in [-0.25, -0.2) is 0 Å². The standard InChI is InChI=1S/C15H17ClN2O/c16-13-8-12(14(18)9-17)6-7-15(13)19-10-11-4-2-1-3-5-11/h1-8,14H,9-10,17-18H2. The molecular formula is C15H17ClN2O. The number of hydrogen-bond acceptors (Lipinski definition) is 3. The molecule has 100 valence electrons. The average molecular weight is 277 g/mol. The fraction of sp³-hybridized carbons (Fsp3) is 0.200. The van der Waals surface area contributed by atoms with Crippen molar-refractivity contribution in [3.63, 3.8) is 0 Å². The fourth-order valence-electron chi connectivity index (χ4n) is 1.74. The molecule has 4 heteroatoms. The molecule has 0 amide bonds. The highest BCUT2D eigenvalue weighted by molar-refractivity contribution is 6.32. The Kier molecular flexibility index (Phi) is 4.80. The van der Waals surface area contributed by atoms with Gasteiger partial charge in [-0.05, 0) is 23.3 Å². The third-order valence-corrected chi connectivity index (χ3v) is 3.17. The maximum atomic E-state index is 6.18. The summed E-state index contributed by atoms with van der Waals surface area (Å²) in [5, 5.41) is 0.553. The summed E-state index contributed by atoms with van der Waals surface area (Å²) >= 11 is 6.18. The van der Waals surface area contributed by atoms with Crippen LogP contribution in [0, 0.1) is 0 Å². The Morgan fingerprint density at radius 1 is 1.11 bits per heavy atom. The molecule has 0 fully saturated rings. The van der Waals surface area contributed by atoms with E-state index in [9.17, 15) is 0 Å². The van der Waals surface area contributed by atoms with Crippen molar-refractivity contribution < 1.29 is 4.74 Å². The number of hydrogen-bond donors (Lipinski definition) is 2. The van der Waals surface area contributed by atoms with E-state index in [1.54, 1.807) is 6.07 Å². The van der Waals surface area contributed by atoms with Crippen LogP contribution in [0.5, 0.6) is 5.75 Å². The van der Waals surface area contributed by atoms with Crippen LogP contribution in [0.1, 0.15) is 17.2 Å². The molecule has 0 radical (unpaired) electrons. The second-order valence-electron chi connectivity index (χ2n) is 4.31. The van der Waals surface area contributed by atoms with Gasteiger partial charge in [0.2, 0.25) is 0 Å². The van der Waals surface area contributed by atoms with Crippen molar-refractivity contribution in [3.8, 4) is 5.75 Å². The largest absolute Gasteiger partial charge is 0.487 e. The lowest BCUT2D eigenvalue weighted by Gasteiger charge is -2.12. The molecule has 2 aromatic rings. The minimum Gasteiger partial charge on any atom is -0.487 e. The summed E-state index contributed by atoms with van der Waals surface area (Å²) < 4.78 is 5.69. The minimum absolute atomic E-state index is 0.194. The number of rotatable bonds is 5. The summed E-state index contributed by atoms with van der Waals surface area (Å²) in [5.74, 6) is 0.651. The van der Waals surface area contributed by atoms with E-state index in [4.69, 9.17) is 27.8 Å². The summed E-state index contributed by atoms with van der Waals surface area (Å²) in [6.07, 6.45) is 0. The maximum Gasteiger partial charge on any atom is 0.138 e. The van der Waals surface area contributed by atoms with Gasteiger partial charge in [-0.3, -0.25) is 0 Å². The van der Waals surface area contributed by atoms with Crippen LogP contribution < -0.4 is 16.2 Å². The summed E-state index contributed by atoms with van der Waals surface area (Å²) in [7, 11) is 0. The van der Waals surface area contributed by atoms with Crippen LogP contribution in [0.25, 0.3) is 0 Å². The second kappa shape index (κ2) is 6.57. The zero-order valence-electron chi connectivity index (χ0n) is 10.6. The molecule has 1 atom stereocenters. The molecule has 0 saturated carbocycles. The highest BCUT2D eigenvalue weighted by Gasteiger charge is 2.08. The smallest absolute Gasteiger partial charge is 0.138 e. The van der Waals surface area contributed by atoms with E-state index in [2.05, 4.69) is 0 Å². The lowest BCUT2D eigenvalue weighted by Crippen LogP contribution is -2.20. The summed E-state index contributed by atoms with van der Waals surface area (Å²) in [6.45, 7) is 0.878. The van der Waals surface area contributed by atoms with Crippen LogP contribution in [0.3, 0.4) is 0 Å². The van der Waals surface area contributed by atoms with Gasteiger partial charge in [0.05, 0.1) is 5.02 Å². The van der Waals surface area contributed by atoms with Crippen molar-refractivity contribution in [2.24, 2.45) is 11.5 Å². The van der Waals surface area contributed by atoms with Crippen molar-refractivity contribution in [2.75, 3.05) is 6.54 Å². The third kappa shape index (κ3) is 3.70. The van der Waals surface area contributed by atoms with E-state index in [0.29, 0.717) is 23.9 Å². The van der Waals surface area contributed by atoms with Crippen molar-refractivity contribution in [2.45, 2.75) is 12.6 Å². The fourth-order valence-corrected chi connectivity index (χ4v) is 1.98. The Hall–Kier alpha value is -1.55. The van der Waals surface area contributed by atoms with Gasteiger partial charge in [0.25, 0.3) is 0 Å². The Bertz CT molecular complexity index is 531. The topological polar surface area (TPSA) is 61.3 Å². The molecule has 19 heavy (non-hydrogen) atoms. The highest BCUT2D eigenvalue weighted by atomic mass is 35.5. The van der Waals surface area contributed by atoms with E-state index in [0.717, 1.165) is 11.1 Å². The van der Waals surface area contributed by atoms with Crippen LogP contribution >= 0.6 is 11.6 Å². The Balaban J connectivity index is 2.05. The van der Waals surface area contributed by atoms with E-state index < -0.39 is 0 Å². The van der Waals surface area contributed by atoms with Crippen LogP contribution in [0.15, 0.2) is 48.5 Å². The van der Waals surface area contributed by atoms with Crippen LogP contribution in [0.4, 0.5) is 0 Å². The van der Waals surface area contributed by atoms with Gasteiger partial charge in [0.1, 0.15) is 12.4 Å². The zero-order chi connectivity index (χ0) is 13.7. The number of ether oxygens (including phenoxy) is 1. The molecule has 1 unspecified atom stereocenters. The predicted molar refractivity (Wildman–Crippen MR) is 78.2 cm³/mol. The van der Waals surface area contributed by atoms with E-state index in [1.165, 1.54) is 0 Å². The molecule has 0 spiro atoms. The molecule has 0 aromatic heterocycles. The number of benzene rings is 2. The quantitative estimate of drug-likeness (QED) is 0.883. The molecule has 0 aliphatic rings. The molecule has 0 aliphatic carbocycles. The SMILES string of the molecule is NCC(N)c1ccc(OCc2ccccc2)c(Cl)c1. The lowest BCUT2D eigenvalue weighted by molar-refractivity contribution is 0.306.